The zero-order valence-corrected chi connectivity index (χ0v) is 16.9. The van der Waals surface area contributed by atoms with E-state index in [-0.39, 0.29) is 0 Å². The number of carbonyl (C=O) groups is 2. The van der Waals surface area contributed by atoms with Gasteiger partial charge in [0.1, 0.15) is 0 Å². The maximum atomic E-state index is 12.4. The highest BCUT2D eigenvalue weighted by molar-refractivity contribution is 5.99. The van der Waals surface area contributed by atoms with E-state index in [4.69, 9.17) is 9.47 Å². The molecule has 0 radical (unpaired) electrons. The number of rotatable bonds is 8. The van der Waals surface area contributed by atoms with E-state index in [9.17, 15) is 9.59 Å². The van der Waals surface area contributed by atoms with Crippen LogP contribution in [0.1, 0.15) is 39.6 Å². The van der Waals surface area contributed by atoms with Crippen molar-refractivity contribution in [2.75, 3.05) is 13.7 Å². The highest BCUT2D eigenvalue weighted by atomic mass is 16.5. The van der Waals surface area contributed by atoms with Crippen molar-refractivity contribution in [1.82, 2.24) is 20.6 Å². The van der Waals surface area contributed by atoms with Crippen LogP contribution in [0, 0.1) is 0 Å². The fourth-order valence-electron chi connectivity index (χ4n) is 2.74. The summed E-state index contributed by atoms with van der Waals surface area (Å²) in [5, 5.41) is 4.15. The Morgan fingerprint density at radius 2 is 1.70 bits per heavy atom. The Morgan fingerprint density at radius 3 is 2.33 bits per heavy atom. The molecule has 8 nitrogen and oxygen atoms in total. The summed E-state index contributed by atoms with van der Waals surface area (Å²) in [7, 11) is 1.51. The topological polar surface area (TPSA) is 94.5 Å². The Labute approximate surface area is 174 Å². The first-order valence-corrected chi connectivity index (χ1v) is 9.58. The van der Waals surface area contributed by atoms with Crippen molar-refractivity contribution in [2.24, 2.45) is 0 Å². The van der Waals surface area contributed by atoms with E-state index in [0.717, 1.165) is 12.0 Å². The number of nitrogens with zero attached hydrogens (tertiary/aromatic N) is 2. The van der Waals surface area contributed by atoms with Crippen LogP contribution in [0.2, 0.25) is 0 Å². The standard InChI is InChI=1S/C22H24N4O4/c1-3-13-30-19-10-9-18(14-20(19)29-2)22(28)25-24-21(27)17-7-5-16(6-8-17)15-26-12-4-11-23-26/h4-12,14H,3,13,15H2,1-2H3,(H,24,27)(H,25,28). The minimum absolute atomic E-state index is 0.338. The van der Waals surface area contributed by atoms with E-state index in [0.29, 0.717) is 35.8 Å². The molecule has 30 heavy (non-hydrogen) atoms. The van der Waals surface area contributed by atoms with Crippen LogP contribution in [0.4, 0.5) is 0 Å². The summed E-state index contributed by atoms with van der Waals surface area (Å²) < 4.78 is 12.7. The first kappa shape index (κ1) is 20.9. The third kappa shape index (κ3) is 5.38. The Morgan fingerprint density at radius 1 is 1.00 bits per heavy atom. The maximum absolute atomic E-state index is 12.4. The fraction of sp³-hybridized carbons (Fsp3) is 0.227. The molecule has 0 fully saturated rings. The minimum Gasteiger partial charge on any atom is -0.493 e. The van der Waals surface area contributed by atoms with Crippen LogP contribution in [0.15, 0.2) is 60.9 Å². The van der Waals surface area contributed by atoms with Gasteiger partial charge < -0.3 is 9.47 Å². The highest BCUT2D eigenvalue weighted by Gasteiger charge is 2.13. The van der Waals surface area contributed by atoms with Gasteiger partial charge in [0.25, 0.3) is 11.8 Å². The van der Waals surface area contributed by atoms with Gasteiger partial charge in [0.15, 0.2) is 11.5 Å². The number of hydrogen-bond donors (Lipinski definition) is 2. The van der Waals surface area contributed by atoms with Crippen LogP contribution in [-0.4, -0.2) is 35.3 Å². The molecule has 2 amide bonds. The molecule has 1 heterocycles. The zero-order valence-electron chi connectivity index (χ0n) is 16.9. The highest BCUT2D eigenvalue weighted by Crippen LogP contribution is 2.28. The molecule has 2 N–H and O–H groups in total. The molecule has 3 rings (SSSR count). The molecule has 0 aliphatic heterocycles. The van der Waals surface area contributed by atoms with E-state index >= 15 is 0 Å². The van der Waals surface area contributed by atoms with Crippen molar-refractivity contribution in [3.05, 3.63) is 77.6 Å². The first-order valence-electron chi connectivity index (χ1n) is 9.58. The molecule has 0 aliphatic carbocycles. The van der Waals surface area contributed by atoms with Crippen molar-refractivity contribution in [1.29, 1.82) is 0 Å². The Balaban J connectivity index is 1.56. The smallest absolute Gasteiger partial charge is 0.269 e. The Kier molecular flexibility index (Phi) is 7.05. The molecule has 0 saturated carbocycles. The van der Waals surface area contributed by atoms with Crippen LogP contribution in [0.25, 0.3) is 0 Å². The number of benzene rings is 2. The summed E-state index contributed by atoms with van der Waals surface area (Å²) in [6, 6.07) is 13.8. The number of amides is 2. The summed E-state index contributed by atoms with van der Waals surface area (Å²) in [4.78, 5) is 24.7. The largest absolute Gasteiger partial charge is 0.493 e. The van der Waals surface area contributed by atoms with Crippen LogP contribution in [-0.2, 0) is 6.54 Å². The normalized spacial score (nSPS) is 10.3. The fourth-order valence-corrected chi connectivity index (χ4v) is 2.74. The molecule has 3 aromatic rings. The second kappa shape index (κ2) is 10.1. The van der Waals surface area contributed by atoms with Crippen molar-refractivity contribution < 1.29 is 19.1 Å². The average molecular weight is 408 g/mol. The van der Waals surface area contributed by atoms with Crippen LogP contribution in [0.3, 0.4) is 0 Å². The lowest BCUT2D eigenvalue weighted by Gasteiger charge is -2.12. The summed E-state index contributed by atoms with van der Waals surface area (Å²) in [5.74, 6) is 0.146. The lowest BCUT2D eigenvalue weighted by molar-refractivity contribution is 0.0846. The lowest BCUT2D eigenvalue weighted by atomic mass is 10.1. The van der Waals surface area contributed by atoms with Crippen LogP contribution >= 0.6 is 0 Å². The number of hydrogen-bond acceptors (Lipinski definition) is 5. The molecule has 0 spiro atoms. The maximum Gasteiger partial charge on any atom is 0.269 e. The quantitative estimate of drug-likeness (QED) is 0.559. The number of nitrogens with one attached hydrogen (secondary N) is 2. The summed E-state index contributed by atoms with van der Waals surface area (Å²) in [6.45, 7) is 3.17. The second-order valence-electron chi connectivity index (χ2n) is 6.52. The number of methoxy groups -OCH3 is 1. The minimum atomic E-state index is -0.459. The van der Waals surface area contributed by atoms with Crippen molar-refractivity contribution in [2.45, 2.75) is 19.9 Å². The number of hydrazine groups is 1. The third-order valence-electron chi connectivity index (χ3n) is 4.30. The Bertz CT molecular complexity index is 985. The van der Waals surface area contributed by atoms with E-state index in [2.05, 4.69) is 16.0 Å². The van der Waals surface area contributed by atoms with Crippen molar-refractivity contribution in [3.63, 3.8) is 0 Å². The molecule has 156 valence electrons. The summed E-state index contributed by atoms with van der Waals surface area (Å²) in [6.07, 6.45) is 4.45. The molecule has 0 atom stereocenters. The van der Waals surface area contributed by atoms with Gasteiger partial charge in [-0.2, -0.15) is 5.10 Å². The predicted octanol–water partition coefficient (Wildman–Crippen LogP) is 2.80. The molecule has 0 saturated heterocycles. The average Bonchev–Trinajstić information content (AvgIpc) is 3.29. The lowest BCUT2D eigenvalue weighted by Crippen LogP contribution is -2.41. The van der Waals surface area contributed by atoms with E-state index in [1.165, 1.54) is 7.11 Å². The van der Waals surface area contributed by atoms with Crippen molar-refractivity contribution >= 4 is 11.8 Å². The number of carbonyl (C=O) groups excluding carboxylic acids is 2. The van der Waals surface area contributed by atoms with Crippen molar-refractivity contribution in [3.8, 4) is 11.5 Å². The summed E-state index contributed by atoms with van der Waals surface area (Å²) in [5.41, 5.74) is 6.61. The van der Waals surface area contributed by atoms with E-state index < -0.39 is 11.8 Å². The SMILES string of the molecule is CCCOc1ccc(C(=O)NNC(=O)c2ccc(Cn3cccn3)cc2)cc1OC. The predicted molar refractivity (Wildman–Crippen MR) is 111 cm³/mol. The zero-order chi connectivity index (χ0) is 21.3. The first-order chi connectivity index (χ1) is 14.6. The van der Waals surface area contributed by atoms with Gasteiger partial charge >= 0.3 is 0 Å². The summed E-state index contributed by atoms with van der Waals surface area (Å²) >= 11 is 0. The van der Waals surface area contributed by atoms with E-state index in [1.807, 2.05) is 31.3 Å². The van der Waals surface area contributed by atoms with Gasteiger partial charge in [-0.1, -0.05) is 19.1 Å². The number of ether oxygens (including phenoxy) is 2. The van der Waals surface area contributed by atoms with Gasteiger partial charge in [-0.25, -0.2) is 0 Å². The van der Waals surface area contributed by atoms with Crippen LogP contribution < -0.4 is 20.3 Å². The molecule has 0 aliphatic rings. The number of aromatic nitrogens is 2. The van der Waals surface area contributed by atoms with Gasteiger partial charge in [0, 0.05) is 23.5 Å². The van der Waals surface area contributed by atoms with Crippen LogP contribution in [0.5, 0.6) is 11.5 Å². The van der Waals surface area contributed by atoms with Gasteiger partial charge in [-0.15, -0.1) is 0 Å². The Hall–Kier alpha value is -3.81. The van der Waals surface area contributed by atoms with Gasteiger partial charge in [0.2, 0.25) is 0 Å². The van der Waals surface area contributed by atoms with Gasteiger partial charge in [0.05, 0.1) is 20.3 Å². The van der Waals surface area contributed by atoms with Gasteiger partial charge in [-0.3, -0.25) is 25.1 Å². The molecular weight excluding hydrogens is 384 g/mol. The third-order valence-corrected chi connectivity index (χ3v) is 4.30. The molecule has 2 aromatic carbocycles. The molecule has 8 heteroatoms. The molecule has 0 bridgehead atoms. The van der Waals surface area contributed by atoms with E-state index in [1.54, 1.807) is 41.2 Å². The molecular formula is C22H24N4O4. The van der Waals surface area contributed by atoms with Gasteiger partial charge in [-0.05, 0) is 48.4 Å². The second-order valence-corrected chi connectivity index (χ2v) is 6.52. The monoisotopic (exact) mass is 408 g/mol. The molecule has 0 unspecified atom stereocenters. The molecule has 1 aromatic heterocycles.